The van der Waals surface area contributed by atoms with E-state index in [1.807, 2.05) is 0 Å². The Hall–Kier alpha value is -1.30. The quantitative estimate of drug-likeness (QED) is 0.563. The number of amides is 1. The number of alkyl carbamates (subject to hydrolysis) is 1. The van der Waals surface area contributed by atoms with Crippen LogP contribution in [0.4, 0.5) is 4.79 Å². The number of hydrogen-bond donors (Lipinski definition) is 1. The summed E-state index contributed by atoms with van der Waals surface area (Å²) in [6, 6.07) is 0. The van der Waals surface area contributed by atoms with Crippen LogP contribution in [-0.4, -0.2) is 43.5 Å². The number of ether oxygens (including phenoxy) is 3. The minimum absolute atomic E-state index is 0.245. The molecule has 1 saturated heterocycles. The van der Waals surface area contributed by atoms with Gasteiger partial charge in [-0.1, -0.05) is 0 Å². The smallest absolute Gasteiger partial charge is 0.407 e. The van der Waals surface area contributed by atoms with Gasteiger partial charge in [-0.15, -0.1) is 0 Å². The minimum atomic E-state index is -0.556. The first-order valence-electron chi connectivity index (χ1n) is 5.03. The van der Waals surface area contributed by atoms with Gasteiger partial charge in [-0.3, -0.25) is 0 Å². The highest BCUT2D eigenvalue weighted by molar-refractivity contribution is 5.78. The second-order valence-electron chi connectivity index (χ2n) is 4.50. The molecule has 0 aromatic heterocycles. The van der Waals surface area contributed by atoms with Crippen molar-refractivity contribution in [2.45, 2.75) is 38.6 Å². The van der Waals surface area contributed by atoms with E-state index in [0.717, 1.165) is 0 Å². The van der Waals surface area contributed by atoms with E-state index in [9.17, 15) is 9.59 Å². The molecule has 0 bridgehead atoms. The Balaban J connectivity index is 2.18. The molecule has 1 fully saturated rings. The molecule has 0 saturated carbocycles. The number of carbonyl (C=O) groups is 2. The van der Waals surface area contributed by atoms with Crippen molar-refractivity contribution in [3.8, 4) is 0 Å². The Morgan fingerprint density at radius 1 is 1.38 bits per heavy atom. The maximum absolute atomic E-state index is 11.2. The average Bonchev–Trinajstić information content (AvgIpc) is 2.90. The van der Waals surface area contributed by atoms with Crippen molar-refractivity contribution in [1.29, 1.82) is 0 Å². The molecule has 0 aromatic carbocycles. The van der Waals surface area contributed by atoms with Crippen molar-refractivity contribution in [2.75, 3.05) is 13.7 Å². The van der Waals surface area contributed by atoms with E-state index in [2.05, 4.69) is 10.1 Å². The van der Waals surface area contributed by atoms with Crippen molar-refractivity contribution < 1.29 is 23.8 Å². The van der Waals surface area contributed by atoms with Gasteiger partial charge in [0.15, 0.2) is 6.10 Å². The fraction of sp³-hybridized carbons (Fsp3) is 0.800. The van der Waals surface area contributed by atoms with Gasteiger partial charge in [0, 0.05) is 0 Å². The predicted molar refractivity (Wildman–Crippen MR) is 54.9 cm³/mol. The summed E-state index contributed by atoms with van der Waals surface area (Å²) >= 11 is 0. The Labute approximate surface area is 94.2 Å². The van der Waals surface area contributed by atoms with E-state index >= 15 is 0 Å². The zero-order valence-electron chi connectivity index (χ0n) is 9.90. The van der Waals surface area contributed by atoms with Gasteiger partial charge in [0.05, 0.1) is 13.7 Å². The largest absolute Gasteiger partial charge is 0.467 e. The molecular weight excluding hydrogens is 214 g/mol. The van der Waals surface area contributed by atoms with Crippen LogP contribution in [-0.2, 0) is 19.0 Å². The van der Waals surface area contributed by atoms with Gasteiger partial charge in [0.25, 0.3) is 0 Å². The summed E-state index contributed by atoms with van der Waals surface area (Å²) in [4.78, 5) is 22.2. The van der Waals surface area contributed by atoms with Crippen LogP contribution in [0.3, 0.4) is 0 Å². The van der Waals surface area contributed by atoms with Crippen molar-refractivity contribution in [3.63, 3.8) is 0 Å². The zero-order valence-corrected chi connectivity index (χ0v) is 9.90. The fourth-order valence-corrected chi connectivity index (χ4v) is 1.12. The van der Waals surface area contributed by atoms with Crippen LogP contribution >= 0.6 is 0 Å². The maximum Gasteiger partial charge on any atom is 0.407 e. The minimum Gasteiger partial charge on any atom is -0.467 e. The first kappa shape index (κ1) is 12.8. The first-order chi connectivity index (χ1) is 7.33. The fourth-order valence-electron chi connectivity index (χ4n) is 1.12. The number of carbonyl (C=O) groups excluding carboxylic acids is 2. The molecule has 6 nitrogen and oxygen atoms in total. The number of methoxy groups -OCH3 is 1. The molecule has 1 N–H and O–H groups in total. The van der Waals surface area contributed by atoms with Gasteiger partial charge >= 0.3 is 12.1 Å². The van der Waals surface area contributed by atoms with E-state index < -0.39 is 23.8 Å². The molecule has 6 heteroatoms. The van der Waals surface area contributed by atoms with Crippen LogP contribution in [0.15, 0.2) is 0 Å². The number of hydrogen-bond acceptors (Lipinski definition) is 5. The molecule has 0 aliphatic carbocycles. The van der Waals surface area contributed by atoms with Crippen LogP contribution in [0.5, 0.6) is 0 Å². The molecule has 0 aromatic rings. The lowest BCUT2D eigenvalue weighted by molar-refractivity contribution is -0.142. The Morgan fingerprint density at radius 2 is 2.00 bits per heavy atom. The molecule has 1 aliphatic heterocycles. The van der Waals surface area contributed by atoms with Gasteiger partial charge in [0.2, 0.25) is 0 Å². The maximum atomic E-state index is 11.2. The van der Waals surface area contributed by atoms with E-state index in [-0.39, 0.29) is 12.6 Å². The SMILES string of the molecule is COC(=O)C1OC1CNC(=O)OC(C)(C)C. The third-order valence-electron chi connectivity index (χ3n) is 1.86. The second-order valence-corrected chi connectivity index (χ2v) is 4.50. The van der Waals surface area contributed by atoms with Crippen molar-refractivity contribution in [2.24, 2.45) is 0 Å². The predicted octanol–water partition coefficient (Wildman–Crippen LogP) is 0.451. The second kappa shape index (κ2) is 4.69. The third-order valence-corrected chi connectivity index (χ3v) is 1.86. The number of esters is 1. The first-order valence-corrected chi connectivity index (χ1v) is 5.03. The topological polar surface area (TPSA) is 77.2 Å². The zero-order chi connectivity index (χ0) is 12.3. The monoisotopic (exact) mass is 231 g/mol. The molecule has 92 valence electrons. The Bertz CT molecular complexity index is 283. The molecule has 16 heavy (non-hydrogen) atoms. The van der Waals surface area contributed by atoms with Gasteiger partial charge in [-0.05, 0) is 20.8 Å². The lowest BCUT2D eigenvalue weighted by Gasteiger charge is -2.19. The summed E-state index contributed by atoms with van der Waals surface area (Å²) in [6.07, 6.45) is -1.38. The van der Waals surface area contributed by atoms with Gasteiger partial charge in [-0.2, -0.15) is 0 Å². The summed E-state index contributed by atoms with van der Waals surface area (Å²) in [6.45, 7) is 5.57. The summed E-state index contributed by atoms with van der Waals surface area (Å²) < 4.78 is 14.5. The van der Waals surface area contributed by atoms with Crippen LogP contribution in [0.2, 0.25) is 0 Å². The normalized spacial score (nSPS) is 23.5. The molecule has 1 aliphatic rings. The summed E-state index contributed by atoms with van der Waals surface area (Å²) in [5.74, 6) is -0.420. The molecule has 2 unspecified atom stereocenters. The molecule has 1 amide bonds. The molecule has 2 atom stereocenters. The van der Waals surface area contributed by atoms with E-state index in [4.69, 9.17) is 9.47 Å². The van der Waals surface area contributed by atoms with Crippen molar-refractivity contribution in [3.05, 3.63) is 0 Å². The Kier molecular flexibility index (Phi) is 3.74. The summed E-state index contributed by atoms with van der Waals surface area (Å²) in [5, 5.41) is 2.52. The van der Waals surface area contributed by atoms with Crippen molar-refractivity contribution in [1.82, 2.24) is 5.32 Å². The van der Waals surface area contributed by atoms with Crippen molar-refractivity contribution >= 4 is 12.1 Å². The highest BCUT2D eigenvalue weighted by Gasteiger charge is 2.46. The number of rotatable bonds is 3. The highest BCUT2D eigenvalue weighted by atomic mass is 16.6. The molecule has 1 heterocycles. The highest BCUT2D eigenvalue weighted by Crippen LogP contribution is 2.22. The lowest BCUT2D eigenvalue weighted by atomic mass is 10.2. The van der Waals surface area contributed by atoms with Crippen LogP contribution in [0.25, 0.3) is 0 Å². The Morgan fingerprint density at radius 3 is 2.50 bits per heavy atom. The van der Waals surface area contributed by atoms with Crippen LogP contribution < -0.4 is 5.32 Å². The van der Waals surface area contributed by atoms with Gasteiger partial charge in [0.1, 0.15) is 11.7 Å². The van der Waals surface area contributed by atoms with Crippen LogP contribution in [0, 0.1) is 0 Å². The van der Waals surface area contributed by atoms with E-state index in [0.29, 0.717) is 0 Å². The summed E-state index contributed by atoms with van der Waals surface area (Å²) in [5.41, 5.74) is -0.532. The number of epoxide rings is 1. The molecular formula is C10H17NO5. The standard InChI is InChI=1S/C10H17NO5/c1-10(2,3)16-9(13)11-5-6-7(15-6)8(12)14-4/h6-7H,5H2,1-4H3,(H,11,13). The molecule has 0 radical (unpaired) electrons. The lowest BCUT2D eigenvalue weighted by Crippen LogP contribution is -2.35. The average molecular weight is 231 g/mol. The summed E-state index contributed by atoms with van der Waals surface area (Å²) in [7, 11) is 1.29. The van der Waals surface area contributed by atoms with Crippen LogP contribution in [0.1, 0.15) is 20.8 Å². The van der Waals surface area contributed by atoms with Gasteiger partial charge in [-0.25, -0.2) is 9.59 Å². The number of nitrogens with one attached hydrogen (secondary N) is 1. The third kappa shape index (κ3) is 4.06. The molecule has 0 spiro atoms. The van der Waals surface area contributed by atoms with Gasteiger partial charge < -0.3 is 19.5 Å². The van der Waals surface area contributed by atoms with E-state index in [1.54, 1.807) is 20.8 Å². The molecule has 1 rings (SSSR count). The van der Waals surface area contributed by atoms with E-state index in [1.165, 1.54) is 7.11 Å².